The monoisotopic (exact) mass is 68.0 g/mol. The summed E-state index contributed by atoms with van der Waals surface area (Å²) in [7, 11) is -2.92. The topological polar surface area (TPSA) is 69.2 Å². The first-order valence-electron chi connectivity index (χ1n) is 0.707. The van der Waals surface area contributed by atoms with E-state index in [9.17, 15) is 0 Å². The van der Waals surface area contributed by atoms with Gasteiger partial charge in [-0.15, -0.1) is 0 Å². The molecular weight excluding hydrogens is 65.8 g/mol. The zero-order valence-corrected chi connectivity index (χ0v) is 2.80. The van der Waals surface area contributed by atoms with Crippen LogP contribution in [0.1, 0.15) is 2.85 Å². The molecule has 0 fully saturated rings. The van der Waals surface area contributed by atoms with Gasteiger partial charge in [-0.3, -0.25) is 7.32 Å². The van der Waals surface area contributed by atoms with Gasteiger partial charge in [0, 0.05) is 0 Å². The summed E-state index contributed by atoms with van der Waals surface area (Å²) in [5.41, 5.74) is 0. The van der Waals surface area contributed by atoms with Crippen LogP contribution in [-0.4, -0.2) is 7.32 Å². The fourth-order valence-corrected chi connectivity index (χ4v) is 0. The van der Waals surface area contributed by atoms with Crippen molar-refractivity contribution >= 4 is 7.32 Å². The van der Waals surface area contributed by atoms with E-state index in [1.807, 2.05) is 0 Å². The average molecular weight is 67.8 g/mol. The Morgan fingerprint density at radius 3 is 1.20 bits per heavy atom. The maximum absolute atomic E-state index is 8.42. The minimum atomic E-state index is -2.92. The third-order valence-corrected chi connectivity index (χ3v) is 0. The summed E-state index contributed by atoms with van der Waals surface area (Å²) in [5, 5.41) is 25.2. The molecule has 0 aromatic carbocycles. The molecule has 5 heavy (non-hydrogen) atoms. The van der Waals surface area contributed by atoms with Crippen molar-refractivity contribution in [2.45, 2.75) is 0 Å². The molecule has 3 nitrogen and oxygen atoms in total. The van der Waals surface area contributed by atoms with Crippen molar-refractivity contribution in [1.29, 1.82) is 0 Å². The van der Waals surface area contributed by atoms with E-state index in [4.69, 9.17) is 15.1 Å². The van der Waals surface area contributed by atoms with E-state index in [1.54, 1.807) is 0 Å². The quantitative estimate of drug-likeness (QED) is 0.265. The largest absolute Gasteiger partial charge is 1.00 e. The molecule has 0 bridgehead atoms. The molecule has 0 atom stereocenters. The molecule has 0 aliphatic heterocycles. The van der Waals surface area contributed by atoms with Crippen molar-refractivity contribution in [3.05, 3.63) is 0 Å². The average Bonchev–Trinajstić information content (AvgIpc) is 0.811. The van der Waals surface area contributed by atoms with Gasteiger partial charge < -0.3 is 15.1 Å². The van der Waals surface area contributed by atoms with Crippen LogP contribution in [0.5, 0.6) is 0 Å². The van der Waals surface area contributed by atoms with Crippen molar-refractivity contribution in [1.82, 2.24) is 0 Å². The van der Waals surface area contributed by atoms with Crippen LogP contribution in [0.25, 0.3) is 0 Å². The van der Waals surface area contributed by atoms with E-state index in [0.29, 0.717) is 0 Å². The van der Waals surface area contributed by atoms with E-state index in [2.05, 4.69) is 0 Å². The molecule has 0 heterocycles. The first-order valence-corrected chi connectivity index (χ1v) is 0.707. The molecule has 0 aromatic rings. The van der Waals surface area contributed by atoms with Crippen LogP contribution >= 0.6 is 0 Å². The Balaban J connectivity index is -0.0000000150. The van der Waals surface area contributed by atoms with E-state index < -0.39 is 7.32 Å². The van der Waals surface area contributed by atoms with Gasteiger partial charge in [0.25, 0.3) is 0 Å². The molecule has 5 heteroatoms. The molecule has 0 amide bonds. The van der Waals surface area contributed by atoms with Gasteiger partial charge in [-0.2, -0.15) is 0 Å². The minimum Gasteiger partial charge on any atom is -0.907 e. The van der Waals surface area contributed by atoms with Gasteiger partial charge in [-0.05, 0) is 0 Å². The molecule has 0 radical (unpaired) electrons. The Kier molecular flexibility index (Phi) is 8.28. The smallest absolute Gasteiger partial charge is 0.907 e. The van der Waals surface area contributed by atoms with Gasteiger partial charge in [0.1, 0.15) is 0 Å². The van der Waals surface area contributed by atoms with Gasteiger partial charge in [0.2, 0.25) is 0 Å². The molecule has 0 aliphatic rings. The molecule has 0 aliphatic carbocycles. The first kappa shape index (κ1) is 9.11. The second kappa shape index (κ2) is 4.54. The number of hydrogen-bond acceptors (Lipinski definition) is 3. The van der Waals surface area contributed by atoms with Crippen molar-refractivity contribution in [3.63, 3.8) is 0 Å². The second-order valence-corrected chi connectivity index (χ2v) is 0.289. The van der Waals surface area contributed by atoms with Gasteiger partial charge in [-0.25, -0.2) is 0 Å². The Bertz CT molecular complexity index is 17.7. The third kappa shape index (κ3) is 99.8. The molecule has 0 aromatic heterocycles. The predicted molar refractivity (Wildman–Crippen MR) is 7.98 cm³/mol. The van der Waals surface area contributed by atoms with Crippen molar-refractivity contribution in [2.24, 2.45) is 0 Å². The summed E-state index contributed by atoms with van der Waals surface area (Å²) in [6.45, 7) is 0. The zero-order chi connectivity index (χ0) is 3.58. The van der Waals surface area contributed by atoms with Gasteiger partial charge >= 0.3 is 21.7 Å². The maximum Gasteiger partial charge on any atom is 1.00 e. The number of rotatable bonds is 0. The van der Waals surface area contributed by atoms with Crippen LogP contribution in [0.15, 0.2) is 0 Å². The van der Waals surface area contributed by atoms with Crippen molar-refractivity contribution < 1.29 is 36.8 Å². The molecule has 0 spiro atoms. The molecule has 24 valence electrons. The molecule has 0 N–H and O–H groups in total. The zero-order valence-electron chi connectivity index (χ0n) is 4.80. The summed E-state index contributed by atoms with van der Waals surface area (Å²) in [6, 6.07) is 0. The maximum atomic E-state index is 8.42. The SMILES string of the molecule is [H+].[H+].[Li+].[O-]B([O-])[O-]. The van der Waals surface area contributed by atoms with Crippen LogP contribution in [0, 0.1) is 0 Å². The Morgan fingerprint density at radius 2 is 1.20 bits per heavy atom. The summed E-state index contributed by atoms with van der Waals surface area (Å²) < 4.78 is 0. The van der Waals surface area contributed by atoms with Gasteiger partial charge in [-0.1, -0.05) is 0 Å². The van der Waals surface area contributed by atoms with Crippen LogP contribution < -0.4 is 33.9 Å². The molecule has 0 rings (SSSR count). The van der Waals surface area contributed by atoms with E-state index in [0.717, 1.165) is 0 Å². The van der Waals surface area contributed by atoms with Crippen molar-refractivity contribution in [2.75, 3.05) is 0 Å². The van der Waals surface area contributed by atoms with Gasteiger partial charge in [0.15, 0.2) is 0 Å². The summed E-state index contributed by atoms with van der Waals surface area (Å²) in [5.74, 6) is 0. The van der Waals surface area contributed by atoms with Crippen LogP contribution in [0.2, 0.25) is 0 Å². The standard InChI is InChI=1S/BO3.Li/c2-1(3)4;/q-3;+1/p+2. The van der Waals surface area contributed by atoms with Crippen LogP contribution in [0.3, 0.4) is 0 Å². The van der Waals surface area contributed by atoms with Gasteiger partial charge in [0.05, 0.1) is 0 Å². The normalized spacial score (nSPS) is 5.40. The Hall–Kier alpha value is 0.542. The first-order chi connectivity index (χ1) is 1.73. The van der Waals surface area contributed by atoms with E-state index >= 15 is 0 Å². The van der Waals surface area contributed by atoms with E-state index in [1.165, 1.54) is 0 Å². The molecular formula is H2BLiO3. The molecule has 0 unspecified atom stereocenters. The Morgan fingerprint density at radius 1 is 1.20 bits per heavy atom. The van der Waals surface area contributed by atoms with E-state index in [-0.39, 0.29) is 21.7 Å². The summed E-state index contributed by atoms with van der Waals surface area (Å²) in [4.78, 5) is 0. The number of hydrogen-bond donors (Lipinski definition) is 0. The van der Waals surface area contributed by atoms with Crippen molar-refractivity contribution in [3.8, 4) is 0 Å². The summed E-state index contributed by atoms with van der Waals surface area (Å²) in [6.07, 6.45) is 0. The second-order valence-electron chi connectivity index (χ2n) is 0.289. The minimum absolute atomic E-state index is 0. The fourth-order valence-electron chi connectivity index (χ4n) is 0. The Labute approximate surface area is 45.0 Å². The third-order valence-electron chi connectivity index (χ3n) is 0. The predicted octanol–water partition coefficient (Wildman–Crippen LogP) is -6.72. The van der Waals surface area contributed by atoms with Crippen LogP contribution in [-0.2, 0) is 0 Å². The molecule has 0 saturated carbocycles. The fraction of sp³-hybridized carbons (Fsp3) is 0. The van der Waals surface area contributed by atoms with Crippen LogP contribution in [0.4, 0.5) is 0 Å². The summed E-state index contributed by atoms with van der Waals surface area (Å²) >= 11 is 0. The molecule has 0 saturated heterocycles.